The molecule has 0 saturated heterocycles. The average molecular weight is 468 g/mol. The lowest BCUT2D eigenvalue weighted by atomic mass is 9.86. The van der Waals surface area contributed by atoms with Crippen LogP contribution in [0.5, 0.6) is 17.2 Å². The maximum Gasteiger partial charge on any atom is 0.534 e. The number of fused-ring (bicyclic) bond motifs is 3. The normalized spacial score (nSPS) is 16.3. The second-order valence-electron chi connectivity index (χ2n) is 7.40. The molecule has 0 heterocycles. The van der Waals surface area contributed by atoms with Crippen molar-refractivity contribution < 1.29 is 35.2 Å². The van der Waals surface area contributed by atoms with Gasteiger partial charge in [0.2, 0.25) is 0 Å². The minimum atomic E-state index is -5.77. The lowest BCUT2D eigenvalue weighted by Gasteiger charge is -2.22. The third-order valence-corrected chi connectivity index (χ3v) is 6.13. The number of methoxy groups -OCH3 is 2. The number of alkyl halides is 3. The van der Waals surface area contributed by atoms with Crippen LogP contribution in [-0.4, -0.2) is 28.1 Å². The van der Waals surface area contributed by atoms with Gasteiger partial charge in [-0.2, -0.15) is 21.6 Å². The highest BCUT2D eigenvalue weighted by Crippen LogP contribution is 2.45. The fourth-order valence-electron chi connectivity index (χ4n) is 3.74. The Morgan fingerprint density at radius 1 is 1.03 bits per heavy atom. The van der Waals surface area contributed by atoms with Gasteiger partial charge in [0, 0.05) is 5.56 Å². The lowest BCUT2D eigenvalue weighted by molar-refractivity contribution is -0.0500. The Bertz CT molecular complexity index is 1180. The van der Waals surface area contributed by atoms with E-state index in [4.69, 9.17) is 9.47 Å². The third-order valence-electron chi connectivity index (χ3n) is 5.15. The first kappa shape index (κ1) is 23.7. The number of aryl methyl sites for hydroxylation is 1. The minimum Gasteiger partial charge on any atom is -0.493 e. The highest BCUT2D eigenvalue weighted by atomic mass is 32.2. The van der Waals surface area contributed by atoms with E-state index in [-0.39, 0.29) is 0 Å². The molecule has 0 aliphatic heterocycles. The second-order valence-corrected chi connectivity index (χ2v) is 8.93. The van der Waals surface area contributed by atoms with Crippen LogP contribution in [0.1, 0.15) is 30.9 Å². The van der Waals surface area contributed by atoms with Crippen molar-refractivity contribution in [3.63, 3.8) is 0 Å². The van der Waals surface area contributed by atoms with Crippen LogP contribution in [0.4, 0.5) is 13.2 Å². The van der Waals surface area contributed by atoms with Gasteiger partial charge in [0.25, 0.3) is 0 Å². The molecule has 3 rings (SSSR count). The Labute approximate surface area is 185 Å². The van der Waals surface area contributed by atoms with Crippen molar-refractivity contribution >= 4 is 15.7 Å². The Morgan fingerprint density at radius 3 is 2.34 bits per heavy atom. The van der Waals surface area contributed by atoms with Gasteiger partial charge in [-0.05, 0) is 72.7 Å². The van der Waals surface area contributed by atoms with E-state index >= 15 is 0 Å². The van der Waals surface area contributed by atoms with E-state index in [2.05, 4.69) is 10.8 Å². The summed E-state index contributed by atoms with van der Waals surface area (Å²) in [4.78, 5) is 0. The molecule has 1 aliphatic carbocycles. The predicted octanol–water partition coefficient (Wildman–Crippen LogP) is 5.90. The summed E-state index contributed by atoms with van der Waals surface area (Å²) in [5, 5.41) is 0. The zero-order valence-corrected chi connectivity index (χ0v) is 18.7. The van der Waals surface area contributed by atoms with Gasteiger partial charge < -0.3 is 13.7 Å². The van der Waals surface area contributed by atoms with Crippen LogP contribution in [0, 0.1) is 0 Å². The van der Waals surface area contributed by atoms with Crippen molar-refractivity contribution in [3.05, 3.63) is 59.7 Å². The highest BCUT2D eigenvalue weighted by molar-refractivity contribution is 7.88. The van der Waals surface area contributed by atoms with Gasteiger partial charge in [0.15, 0.2) is 11.5 Å². The number of hydrogen-bond donors (Lipinski definition) is 0. The van der Waals surface area contributed by atoms with Gasteiger partial charge in [-0.15, -0.1) is 0 Å². The fourth-order valence-corrected chi connectivity index (χ4v) is 4.19. The SMILES string of the molecule is C=C1C/C(C)=C/CCc2cc(OS(=O)(=O)C(F)(F)F)ccc2-c2ccc(OC)c(OC)c21. The summed E-state index contributed by atoms with van der Waals surface area (Å²) < 4.78 is 76.6. The molecular weight excluding hydrogens is 445 g/mol. The van der Waals surface area contributed by atoms with Crippen LogP contribution in [0.2, 0.25) is 0 Å². The van der Waals surface area contributed by atoms with Crippen molar-refractivity contribution in [3.8, 4) is 28.4 Å². The maximum absolute atomic E-state index is 12.8. The first-order valence-corrected chi connectivity index (χ1v) is 11.1. The van der Waals surface area contributed by atoms with Crippen molar-refractivity contribution in [2.45, 2.75) is 31.7 Å². The number of halogens is 3. The van der Waals surface area contributed by atoms with Gasteiger partial charge >= 0.3 is 15.6 Å². The molecule has 5 nitrogen and oxygen atoms in total. The summed E-state index contributed by atoms with van der Waals surface area (Å²) in [7, 11) is -2.72. The summed E-state index contributed by atoms with van der Waals surface area (Å²) in [6.45, 7) is 6.19. The molecule has 0 fully saturated rings. The summed E-state index contributed by atoms with van der Waals surface area (Å²) in [6.07, 6.45) is 3.71. The van der Waals surface area contributed by atoms with Gasteiger partial charge in [0.1, 0.15) is 5.75 Å². The van der Waals surface area contributed by atoms with Crippen LogP contribution < -0.4 is 13.7 Å². The van der Waals surface area contributed by atoms with Crippen molar-refractivity contribution in [2.75, 3.05) is 14.2 Å². The van der Waals surface area contributed by atoms with Gasteiger partial charge in [0.05, 0.1) is 14.2 Å². The smallest absolute Gasteiger partial charge is 0.493 e. The molecule has 9 heteroatoms. The molecule has 1 aliphatic rings. The maximum atomic E-state index is 12.8. The molecule has 0 unspecified atom stereocenters. The molecule has 0 atom stereocenters. The number of hydrogen-bond acceptors (Lipinski definition) is 5. The van der Waals surface area contributed by atoms with Crippen molar-refractivity contribution in [1.82, 2.24) is 0 Å². The van der Waals surface area contributed by atoms with E-state index in [9.17, 15) is 21.6 Å². The van der Waals surface area contributed by atoms with Crippen LogP contribution in [0.3, 0.4) is 0 Å². The molecule has 0 bridgehead atoms. The first-order chi connectivity index (χ1) is 15.0. The van der Waals surface area contributed by atoms with E-state index in [0.717, 1.165) is 22.3 Å². The lowest BCUT2D eigenvalue weighted by Crippen LogP contribution is -2.28. The summed E-state index contributed by atoms with van der Waals surface area (Å²) in [5.74, 6) is 0.609. The Balaban J connectivity index is 2.22. The monoisotopic (exact) mass is 468 g/mol. The second kappa shape index (κ2) is 8.90. The highest BCUT2D eigenvalue weighted by Gasteiger charge is 2.48. The predicted molar refractivity (Wildman–Crippen MR) is 116 cm³/mol. The molecule has 0 saturated carbocycles. The number of ether oxygens (including phenoxy) is 2. The molecular formula is C23H23F3O5S. The summed E-state index contributed by atoms with van der Waals surface area (Å²) >= 11 is 0. The van der Waals surface area contributed by atoms with Crippen molar-refractivity contribution in [2.24, 2.45) is 0 Å². The largest absolute Gasteiger partial charge is 0.534 e. The molecule has 0 spiro atoms. The summed E-state index contributed by atoms with van der Waals surface area (Å²) in [6, 6.07) is 7.65. The molecule has 2 aromatic rings. The molecule has 32 heavy (non-hydrogen) atoms. The van der Waals surface area contributed by atoms with E-state index in [0.29, 0.717) is 41.9 Å². The van der Waals surface area contributed by atoms with Crippen molar-refractivity contribution in [1.29, 1.82) is 0 Å². The average Bonchev–Trinajstić information content (AvgIpc) is 2.71. The number of benzene rings is 2. The molecule has 0 aromatic heterocycles. The first-order valence-electron chi connectivity index (χ1n) is 9.71. The standard InChI is InChI=1S/C23H23F3O5S/c1-14-6-5-7-16-13-17(31-32(27,28)23(24,25)26)8-9-18(16)19-10-11-20(29-3)22(30-4)21(19)15(2)12-14/h6,8-11,13H,2,5,7,12H2,1,3-4H3/b14-6+. The Kier molecular flexibility index (Phi) is 6.59. The van der Waals surface area contributed by atoms with E-state index < -0.39 is 21.4 Å². The Morgan fingerprint density at radius 2 is 1.72 bits per heavy atom. The van der Waals surface area contributed by atoms with Gasteiger partial charge in [-0.3, -0.25) is 0 Å². The van der Waals surface area contributed by atoms with Crippen LogP contribution in [0.25, 0.3) is 16.7 Å². The topological polar surface area (TPSA) is 61.8 Å². The quantitative estimate of drug-likeness (QED) is 0.318. The van der Waals surface area contributed by atoms with Crippen LogP contribution in [0.15, 0.2) is 48.6 Å². The zero-order chi connectivity index (χ0) is 23.7. The molecule has 0 amide bonds. The van der Waals surface area contributed by atoms with Crippen LogP contribution >= 0.6 is 0 Å². The molecule has 172 valence electrons. The summed E-state index contributed by atoms with van der Waals surface area (Å²) in [5.41, 5.74) is -0.833. The zero-order valence-electron chi connectivity index (χ0n) is 17.9. The van der Waals surface area contributed by atoms with E-state index in [1.54, 1.807) is 12.1 Å². The number of allylic oxidation sites excluding steroid dienone is 3. The third kappa shape index (κ3) is 4.62. The molecule has 2 aromatic carbocycles. The van der Waals surface area contributed by atoms with Gasteiger partial charge in [-0.1, -0.05) is 24.3 Å². The molecule has 0 radical (unpaired) electrons. The Hall–Kier alpha value is -2.94. The van der Waals surface area contributed by atoms with Crippen LogP contribution in [-0.2, 0) is 16.5 Å². The number of rotatable bonds is 4. The van der Waals surface area contributed by atoms with Gasteiger partial charge in [-0.25, -0.2) is 0 Å². The molecule has 0 N–H and O–H groups in total. The minimum absolute atomic E-state index is 0.403. The fraction of sp³-hybridized carbons (Fsp3) is 0.304. The van der Waals surface area contributed by atoms with E-state index in [1.807, 2.05) is 19.1 Å². The van der Waals surface area contributed by atoms with E-state index in [1.165, 1.54) is 26.4 Å².